The number of halogens is 3. The van der Waals surface area contributed by atoms with Crippen LogP contribution in [0.25, 0.3) is 21.8 Å². The molecule has 0 aliphatic carbocycles. The van der Waals surface area contributed by atoms with Crippen LogP contribution in [0.2, 0.25) is 0 Å². The van der Waals surface area contributed by atoms with E-state index in [2.05, 4.69) is 63.1 Å². The fourth-order valence-corrected chi connectivity index (χ4v) is 5.86. The van der Waals surface area contributed by atoms with Crippen molar-refractivity contribution < 1.29 is 27.1 Å². The van der Waals surface area contributed by atoms with E-state index in [0.29, 0.717) is 6.61 Å². The Hall–Kier alpha value is -3.60. The average Bonchev–Trinajstić information content (AvgIpc) is 2.91. The van der Waals surface area contributed by atoms with Crippen molar-refractivity contribution in [3.8, 4) is 0 Å². The van der Waals surface area contributed by atoms with Crippen LogP contribution in [0.1, 0.15) is 23.6 Å². The van der Waals surface area contributed by atoms with Crippen LogP contribution >= 0.6 is 47.8 Å². The lowest BCUT2D eigenvalue weighted by molar-refractivity contribution is -0.112. The molecule has 0 atom stereocenters. The first-order valence-electron chi connectivity index (χ1n) is 13.6. The zero-order chi connectivity index (χ0) is 35.3. The Kier molecular flexibility index (Phi) is 15.7. The molecule has 0 bridgehead atoms. The van der Waals surface area contributed by atoms with Gasteiger partial charge >= 0.3 is 10.4 Å². The van der Waals surface area contributed by atoms with E-state index in [1.807, 2.05) is 82.3 Å². The quantitative estimate of drug-likeness (QED) is 0.0691. The molecular formula is C32H32Br3N3O8S. The number of rotatable bonds is 4. The third kappa shape index (κ3) is 15.2. The predicted molar refractivity (Wildman–Crippen MR) is 196 cm³/mol. The Labute approximate surface area is 296 Å². The van der Waals surface area contributed by atoms with Crippen LogP contribution in [-0.4, -0.2) is 40.0 Å². The number of amides is 1. The second kappa shape index (κ2) is 18.7. The van der Waals surface area contributed by atoms with Gasteiger partial charge in [-0.3, -0.25) is 23.5 Å². The monoisotopic (exact) mass is 855 g/mol. The van der Waals surface area contributed by atoms with Crippen molar-refractivity contribution in [2.45, 2.75) is 27.7 Å². The summed E-state index contributed by atoms with van der Waals surface area (Å²) < 4.78 is 39.5. The molecule has 0 spiro atoms. The normalized spacial score (nSPS) is 10.7. The molecule has 15 heteroatoms. The number of ether oxygens (including phenoxy) is 1. The van der Waals surface area contributed by atoms with Gasteiger partial charge < -0.3 is 20.0 Å². The van der Waals surface area contributed by atoms with Crippen LogP contribution in [0.5, 0.6) is 0 Å². The molecule has 11 nitrogen and oxygen atoms in total. The van der Waals surface area contributed by atoms with Crippen molar-refractivity contribution in [2.24, 2.45) is 0 Å². The van der Waals surface area contributed by atoms with Gasteiger partial charge in [0, 0.05) is 59.1 Å². The molecule has 0 saturated carbocycles. The molecule has 2 heterocycles. The number of hydrogen-bond donors (Lipinski definition) is 5. The van der Waals surface area contributed by atoms with Gasteiger partial charge in [-0.25, -0.2) is 0 Å². The van der Waals surface area contributed by atoms with Crippen LogP contribution in [0.15, 0.2) is 102 Å². The number of aromatic nitrogens is 2. The predicted octanol–water partition coefficient (Wildman–Crippen LogP) is 7.79. The number of fused-ring (bicyclic) bond motifs is 2. The van der Waals surface area contributed by atoms with E-state index in [4.69, 9.17) is 22.3 Å². The summed E-state index contributed by atoms with van der Waals surface area (Å²) in [6.07, 6.45) is 2.75. The maximum absolute atomic E-state index is 11.4. The van der Waals surface area contributed by atoms with E-state index in [0.717, 1.165) is 57.6 Å². The van der Waals surface area contributed by atoms with E-state index in [1.54, 1.807) is 6.07 Å². The minimum atomic E-state index is -4.67. The molecular weight excluding hydrogens is 826 g/mol. The fourth-order valence-electron chi connectivity index (χ4n) is 3.97. The fraction of sp³-hybridized carbons (Fsp3) is 0.156. The number of carbonyl (C=O) groups is 1. The Morgan fingerprint density at radius 1 is 0.809 bits per heavy atom. The average molecular weight is 858 g/mol. The van der Waals surface area contributed by atoms with E-state index in [1.165, 1.54) is 18.4 Å². The number of anilines is 1. The second-order valence-corrected chi connectivity index (χ2v) is 13.3. The molecule has 0 aliphatic heterocycles. The highest BCUT2D eigenvalue weighted by Gasteiger charge is 2.02. The first kappa shape index (κ1) is 39.6. The van der Waals surface area contributed by atoms with Crippen molar-refractivity contribution in [1.82, 2.24) is 9.97 Å². The third-order valence-electron chi connectivity index (χ3n) is 5.74. The van der Waals surface area contributed by atoms with Gasteiger partial charge in [0.15, 0.2) is 0 Å². The van der Waals surface area contributed by atoms with Gasteiger partial charge in [0.25, 0.3) is 5.91 Å². The van der Waals surface area contributed by atoms with Gasteiger partial charge in [0.1, 0.15) is 0 Å². The van der Waals surface area contributed by atoms with Crippen molar-refractivity contribution in [2.75, 3.05) is 11.9 Å². The van der Waals surface area contributed by atoms with Crippen molar-refractivity contribution in [1.29, 1.82) is 0 Å². The number of pyridine rings is 2. The van der Waals surface area contributed by atoms with E-state index in [-0.39, 0.29) is 17.0 Å². The number of H-pyrrole nitrogens is 2. The van der Waals surface area contributed by atoms with Gasteiger partial charge in [0.2, 0.25) is 11.1 Å². The summed E-state index contributed by atoms with van der Waals surface area (Å²) in [5.74, 6) is -0.203. The summed E-state index contributed by atoms with van der Waals surface area (Å²) >= 11 is 10.2. The molecule has 0 unspecified atom stereocenters. The van der Waals surface area contributed by atoms with Gasteiger partial charge in [-0.05, 0) is 99.0 Å². The van der Waals surface area contributed by atoms with Crippen LogP contribution < -0.4 is 16.4 Å². The largest absolute Gasteiger partial charge is 0.501 e. The molecule has 5 aromatic rings. The second-order valence-electron chi connectivity index (χ2n) is 9.75. The van der Waals surface area contributed by atoms with Gasteiger partial charge in [0.05, 0.1) is 12.9 Å². The third-order valence-corrected chi connectivity index (χ3v) is 7.31. The first-order chi connectivity index (χ1) is 21.9. The molecule has 250 valence electrons. The maximum Gasteiger partial charge on any atom is 0.394 e. The highest BCUT2D eigenvalue weighted by Crippen LogP contribution is 2.23. The molecule has 5 N–H and O–H groups in total. The zero-order valence-electron chi connectivity index (χ0n) is 25.6. The minimum Gasteiger partial charge on any atom is -0.501 e. The molecule has 2 aromatic heterocycles. The van der Waals surface area contributed by atoms with Crippen molar-refractivity contribution in [3.63, 3.8) is 0 Å². The standard InChI is InChI=1S/C12H14BrNO2.2C10H8BrNO.H2O4S/c1-3-16-5-4-12(15)14-11-7-9(2)6-10(13)8-11;1-6-4-7(11)5-9-8(6)2-3-10(13)12-9;1-6-4-8(11)7-2-3-10(13)12-9(7)5-6;1-5(2,3)4/h4-8H,3H2,1-2H3,(H,14,15);2*2-5H,1H3,(H,12,13);(H2,1,2,3,4)/b5-4+;;;. The van der Waals surface area contributed by atoms with E-state index in [9.17, 15) is 14.4 Å². The zero-order valence-corrected chi connectivity index (χ0v) is 31.2. The number of aryl methyl sites for hydroxylation is 3. The summed E-state index contributed by atoms with van der Waals surface area (Å²) in [5, 5.41) is 4.87. The molecule has 0 aliphatic rings. The first-order valence-corrected chi connectivity index (χ1v) is 17.4. The summed E-state index contributed by atoms with van der Waals surface area (Å²) in [5.41, 5.74) is 5.74. The van der Waals surface area contributed by atoms with Crippen molar-refractivity contribution >= 4 is 91.6 Å². The van der Waals surface area contributed by atoms with Crippen LogP contribution in [0.4, 0.5) is 5.69 Å². The highest BCUT2D eigenvalue weighted by atomic mass is 79.9. The lowest BCUT2D eigenvalue weighted by atomic mass is 10.1. The number of aromatic amines is 2. The lowest BCUT2D eigenvalue weighted by Crippen LogP contribution is -2.08. The van der Waals surface area contributed by atoms with Gasteiger partial charge in [-0.2, -0.15) is 8.42 Å². The smallest absolute Gasteiger partial charge is 0.394 e. The highest BCUT2D eigenvalue weighted by molar-refractivity contribution is 9.11. The van der Waals surface area contributed by atoms with Crippen molar-refractivity contribution in [3.05, 3.63) is 130 Å². The molecule has 0 radical (unpaired) electrons. The minimum absolute atomic E-state index is 0.0648. The lowest BCUT2D eigenvalue weighted by Gasteiger charge is -2.04. The Morgan fingerprint density at radius 2 is 1.34 bits per heavy atom. The molecule has 0 fully saturated rings. The van der Waals surface area contributed by atoms with Crippen LogP contribution in [0.3, 0.4) is 0 Å². The van der Waals surface area contributed by atoms with Gasteiger partial charge in [-0.15, -0.1) is 0 Å². The summed E-state index contributed by atoms with van der Waals surface area (Å²) in [6, 6.07) is 20.4. The summed E-state index contributed by atoms with van der Waals surface area (Å²) in [7, 11) is -4.67. The number of hydrogen-bond acceptors (Lipinski definition) is 6. The van der Waals surface area contributed by atoms with E-state index >= 15 is 0 Å². The molecule has 47 heavy (non-hydrogen) atoms. The number of benzene rings is 3. The molecule has 3 aromatic carbocycles. The molecule has 5 rings (SSSR count). The number of nitrogens with one attached hydrogen (secondary N) is 3. The summed E-state index contributed by atoms with van der Waals surface area (Å²) in [4.78, 5) is 39.1. The van der Waals surface area contributed by atoms with Crippen LogP contribution in [-0.2, 0) is 19.9 Å². The number of carbonyl (C=O) groups excluding carboxylic acids is 1. The topological polar surface area (TPSA) is 179 Å². The molecule has 1 amide bonds. The summed E-state index contributed by atoms with van der Waals surface area (Å²) in [6.45, 7) is 8.40. The Balaban J connectivity index is 0.000000230. The Bertz CT molecular complexity index is 1990. The van der Waals surface area contributed by atoms with Crippen LogP contribution in [0, 0.1) is 20.8 Å². The van der Waals surface area contributed by atoms with E-state index < -0.39 is 10.4 Å². The maximum atomic E-state index is 11.4. The molecule has 0 saturated heterocycles. The Morgan fingerprint density at radius 3 is 1.91 bits per heavy atom. The van der Waals surface area contributed by atoms with Gasteiger partial charge in [-0.1, -0.05) is 47.8 Å². The SMILES string of the molecule is CCO/C=C/C(=O)Nc1cc(C)cc(Br)c1.Cc1cc(Br)c2ccc(=O)[nH]c2c1.Cc1cc(Br)cc2[nH]c(=O)ccc12.O=S(=O)(O)O.